The summed E-state index contributed by atoms with van der Waals surface area (Å²) in [5, 5.41) is 3.80. The van der Waals surface area contributed by atoms with E-state index in [-0.39, 0.29) is 5.56 Å². The Labute approximate surface area is 139 Å². The van der Waals surface area contributed by atoms with E-state index in [0.29, 0.717) is 22.9 Å². The predicted octanol–water partition coefficient (Wildman–Crippen LogP) is 3.56. The first-order chi connectivity index (χ1) is 10.1. The molecule has 3 aromatic rings. The highest BCUT2D eigenvalue weighted by molar-refractivity contribution is 14.1. The molecule has 0 aliphatic heterocycles. The number of halogens is 2. The minimum atomic E-state index is -0.137. The van der Waals surface area contributed by atoms with E-state index in [1.165, 1.54) is 10.5 Å². The van der Waals surface area contributed by atoms with E-state index in [9.17, 15) is 4.79 Å². The number of pyridine rings is 1. The van der Waals surface area contributed by atoms with Gasteiger partial charge < -0.3 is 5.32 Å². The van der Waals surface area contributed by atoms with Gasteiger partial charge in [-0.3, -0.25) is 9.20 Å². The summed E-state index contributed by atoms with van der Waals surface area (Å²) < 4.78 is 2.57. The van der Waals surface area contributed by atoms with Crippen molar-refractivity contribution in [1.82, 2.24) is 9.38 Å². The number of para-hydroxylation sites is 1. The van der Waals surface area contributed by atoms with Gasteiger partial charge in [-0.2, -0.15) is 0 Å². The van der Waals surface area contributed by atoms with E-state index in [2.05, 4.69) is 32.9 Å². The molecule has 0 bridgehead atoms. The zero-order valence-corrected chi connectivity index (χ0v) is 13.8. The molecule has 0 aliphatic carbocycles. The number of nitrogens with zero attached hydrogens (tertiary/aromatic N) is 2. The van der Waals surface area contributed by atoms with Gasteiger partial charge in [0.25, 0.3) is 5.56 Å². The van der Waals surface area contributed by atoms with Crippen LogP contribution < -0.4 is 10.9 Å². The average molecular weight is 412 g/mol. The number of benzene rings is 1. The Morgan fingerprint density at radius 2 is 2.05 bits per heavy atom. The van der Waals surface area contributed by atoms with Gasteiger partial charge in [-0.05, 0) is 46.9 Å². The molecule has 106 valence electrons. The molecular formula is C15H11ClIN3O. The molecule has 0 saturated carbocycles. The van der Waals surface area contributed by atoms with Crippen molar-refractivity contribution in [3.8, 4) is 0 Å². The second-order valence-electron chi connectivity index (χ2n) is 4.49. The average Bonchev–Trinajstić information content (AvgIpc) is 2.47. The molecule has 2 aromatic heterocycles. The molecule has 2 heterocycles. The lowest BCUT2D eigenvalue weighted by atomic mass is 10.3. The van der Waals surface area contributed by atoms with Crippen LogP contribution in [0, 0.1) is 3.57 Å². The van der Waals surface area contributed by atoms with Gasteiger partial charge in [-0.25, -0.2) is 4.98 Å². The summed E-state index contributed by atoms with van der Waals surface area (Å²) in [4.78, 5) is 16.5. The van der Waals surface area contributed by atoms with Gasteiger partial charge in [-0.15, -0.1) is 0 Å². The summed E-state index contributed by atoms with van der Waals surface area (Å²) in [6.45, 7) is 0.494. The van der Waals surface area contributed by atoms with Crippen molar-refractivity contribution in [2.45, 2.75) is 6.54 Å². The van der Waals surface area contributed by atoms with E-state index < -0.39 is 0 Å². The summed E-state index contributed by atoms with van der Waals surface area (Å²) in [7, 11) is 0. The largest absolute Gasteiger partial charge is 0.379 e. The van der Waals surface area contributed by atoms with Gasteiger partial charge in [0.05, 0.1) is 17.3 Å². The number of hydrogen-bond donors (Lipinski definition) is 1. The van der Waals surface area contributed by atoms with E-state index in [1.807, 2.05) is 24.3 Å². The normalized spacial score (nSPS) is 10.8. The first-order valence-electron chi connectivity index (χ1n) is 6.30. The van der Waals surface area contributed by atoms with Crippen molar-refractivity contribution in [2.24, 2.45) is 0 Å². The third kappa shape index (κ3) is 3.19. The maximum absolute atomic E-state index is 12.1. The zero-order chi connectivity index (χ0) is 14.8. The van der Waals surface area contributed by atoms with Gasteiger partial charge in [-0.1, -0.05) is 23.7 Å². The molecule has 0 aliphatic rings. The van der Waals surface area contributed by atoms with Crippen molar-refractivity contribution in [3.63, 3.8) is 0 Å². The SMILES string of the molecule is O=c1cc(CNc2ccccc2I)nc2ccc(Cl)cn12. The highest BCUT2D eigenvalue weighted by atomic mass is 127. The van der Waals surface area contributed by atoms with Gasteiger partial charge >= 0.3 is 0 Å². The Morgan fingerprint density at radius 3 is 2.86 bits per heavy atom. The van der Waals surface area contributed by atoms with Crippen LogP contribution in [0.25, 0.3) is 5.65 Å². The summed E-state index contributed by atoms with van der Waals surface area (Å²) in [5.41, 5.74) is 2.17. The van der Waals surface area contributed by atoms with Crippen LogP contribution in [0.4, 0.5) is 5.69 Å². The molecule has 6 heteroatoms. The van der Waals surface area contributed by atoms with Gasteiger partial charge in [0.1, 0.15) is 5.65 Å². The van der Waals surface area contributed by atoms with Gasteiger partial charge in [0.15, 0.2) is 0 Å². The van der Waals surface area contributed by atoms with E-state index in [1.54, 1.807) is 18.3 Å². The fraction of sp³-hybridized carbons (Fsp3) is 0.0667. The molecule has 0 saturated heterocycles. The molecule has 1 N–H and O–H groups in total. The number of nitrogens with one attached hydrogen (secondary N) is 1. The van der Waals surface area contributed by atoms with Gasteiger partial charge in [0, 0.05) is 21.5 Å². The molecule has 0 fully saturated rings. The van der Waals surface area contributed by atoms with E-state index in [4.69, 9.17) is 11.6 Å². The molecule has 4 nitrogen and oxygen atoms in total. The molecule has 0 amide bonds. The van der Waals surface area contributed by atoms with Crippen LogP contribution in [-0.2, 0) is 6.54 Å². The van der Waals surface area contributed by atoms with E-state index in [0.717, 1.165) is 9.26 Å². The first-order valence-corrected chi connectivity index (χ1v) is 7.75. The van der Waals surface area contributed by atoms with Crippen LogP contribution in [0.3, 0.4) is 0 Å². The first kappa shape index (κ1) is 14.3. The lowest BCUT2D eigenvalue weighted by molar-refractivity contribution is 0.971. The lowest BCUT2D eigenvalue weighted by Crippen LogP contribution is -2.16. The predicted molar refractivity (Wildman–Crippen MR) is 93.0 cm³/mol. The minimum Gasteiger partial charge on any atom is -0.379 e. The van der Waals surface area contributed by atoms with Crippen molar-refractivity contribution >= 4 is 45.5 Å². The van der Waals surface area contributed by atoms with Crippen LogP contribution in [0.15, 0.2) is 53.5 Å². The van der Waals surface area contributed by atoms with Gasteiger partial charge in [0.2, 0.25) is 0 Å². The molecular weight excluding hydrogens is 401 g/mol. The Morgan fingerprint density at radius 1 is 1.24 bits per heavy atom. The Kier molecular flexibility index (Phi) is 4.12. The summed E-state index contributed by atoms with van der Waals surface area (Å²) in [5.74, 6) is 0. The molecule has 0 spiro atoms. The number of fused-ring (bicyclic) bond motifs is 1. The monoisotopic (exact) mass is 411 g/mol. The molecule has 0 unspecified atom stereocenters. The number of anilines is 1. The fourth-order valence-corrected chi connectivity index (χ4v) is 2.75. The Hall–Kier alpha value is -1.60. The van der Waals surface area contributed by atoms with E-state index >= 15 is 0 Å². The number of rotatable bonds is 3. The zero-order valence-electron chi connectivity index (χ0n) is 10.9. The van der Waals surface area contributed by atoms with Crippen molar-refractivity contribution in [2.75, 3.05) is 5.32 Å². The topological polar surface area (TPSA) is 46.4 Å². The minimum absolute atomic E-state index is 0.137. The van der Waals surface area contributed by atoms with Crippen LogP contribution in [0.1, 0.15) is 5.69 Å². The Balaban J connectivity index is 1.90. The Bertz CT molecular complexity index is 863. The van der Waals surface area contributed by atoms with Crippen LogP contribution in [-0.4, -0.2) is 9.38 Å². The van der Waals surface area contributed by atoms with Crippen LogP contribution in [0.2, 0.25) is 5.02 Å². The fourth-order valence-electron chi connectivity index (χ4n) is 2.01. The lowest BCUT2D eigenvalue weighted by Gasteiger charge is -2.09. The second kappa shape index (κ2) is 6.03. The summed E-state index contributed by atoms with van der Waals surface area (Å²) in [6, 6.07) is 12.9. The molecule has 0 radical (unpaired) electrons. The maximum atomic E-state index is 12.1. The number of aromatic nitrogens is 2. The highest BCUT2D eigenvalue weighted by Gasteiger charge is 2.04. The third-order valence-corrected chi connectivity index (χ3v) is 4.17. The molecule has 3 rings (SSSR count). The van der Waals surface area contributed by atoms with Crippen molar-refractivity contribution in [3.05, 3.63) is 73.3 Å². The van der Waals surface area contributed by atoms with Crippen LogP contribution in [0.5, 0.6) is 0 Å². The molecule has 1 aromatic carbocycles. The third-order valence-electron chi connectivity index (χ3n) is 3.01. The summed E-state index contributed by atoms with van der Waals surface area (Å²) in [6.07, 6.45) is 1.57. The highest BCUT2D eigenvalue weighted by Crippen LogP contribution is 2.17. The molecule has 0 atom stereocenters. The number of hydrogen-bond acceptors (Lipinski definition) is 3. The summed E-state index contributed by atoms with van der Waals surface area (Å²) >= 11 is 8.15. The standard InChI is InChI=1S/C15H11ClIN3O/c16-10-5-6-14-19-11(7-15(21)20(14)9-10)8-18-13-4-2-1-3-12(13)17/h1-7,9,18H,8H2. The second-order valence-corrected chi connectivity index (χ2v) is 6.09. The smallest absolute Gasteiger partial charge is 0.258 e. The molecule has 21 heavy (non-hydrogen) atoms. The maximum Gasteiger partial charge on any atom is 0.258 e. The quantitative estimate of drug-likeness (QED) is 0.670. The van der Waals surface area contributed by atoms with Crippen molar-refractivity contribution in [1.29, 1.82) is 0 Å². The van der Waals surface area contributed by atoms with Crippen molar-refractivity contribution < 1.29 is 0 Å². The van der Waals surface area contributed by atoms with Crippen LogP contribution >= 0.6 is 34.2 Å².